The number of nitrogens with zero attached hydrogens (tertiary/aromatic N) is 2. The van der Waals surface area contributed by atoms with Crippen molar-refractivity contribution in [3.63, 3.8) is 0 Å². The lowest BCUT2D eigenvalue weighted by Crippen LogP contribution is -2.35. The van der Waals surface area contributed by atoms with Crippen molar-refractivity contribution in [3.8, 4) is 0 Å². The van der Waals surface area contributed by atoms with E-state index in [0.717, 1.165) is 23.5 Å². The van der Waals surface area contributed by atoms with Gasteiger partial charge in [-0.1, -0.05) is 4.49 Å². The van der Waals surface area contributed by atoms with E-state index >= 15 is 0 Å². The number of carbonyl (C=O) groups is 1. The predicted octanol–water partition coefficient (Wildman–Crippen LogP) is -0.175. The molecule has 1 fully saturated rings. The van der Waals surface area contributed by atoms with Crippen molar-refractivity contribution in [2.24, 2.45) is 0 Å². The Hall–Kier alpha value is -1.01. The van der Waals surface area contributed by atoms with Gasteiger partial charge in [0, 0.05) is 13.1 Å². The molecule has 1 aliphatic heterocycles. The lowest BCUT2D eigenvalue weighted by Gasteiger charge is -2.07. The Labute approximate surface area is 86.1 Å². The van der Waals surface area contributed by atoms with E-state index in [4.69, 9.17) is 0 Å². The summed E-state index contributed by atoms with van der Waals surface area (Å²) in [7, 11) is 0. The van der Waals surface area contributed by atoms with Gasteiger partial charge in [-0.15, -0.1) is 5.10 Å². The summed E-state index contributed by atoms with van der Waals surface area (Å²) in [5, 5.41) is 9.89. The van der Waals surface area contributed by atoms with Crippen LogP contribution in [0.1, 0.15) is 17.0 Å². The molecule has 0 aliphatic carbocycles. The van der Waals surface area contributed by atoms with Crippen molar-refractivity contribution >= 4 is 17.4 Å². The highest BCUT2D eigenvalue weighted by atomic mass is 32.1. The minimum absolute atomic E-state index is 0.0449. The van der Waals surface area contributed by atoms with Gasteiger partial charge in [0.05, 0.1) is 16.6 Å². The first kappa shape index (κ1) is 9.54. The summed E-state index contributed by atoms with van der Waals surface area (Å²) in [6.45, 7) is 3.38. The second kappa shape index (κ2) is 4.02. The Morgan fingerprint density at radius 2 is 2.57 bits per heavy atom. The van der Waals surface area contributed by atoms with Crippen LogP contribution in [0.2, 0.25) is 0 Å². The quantitative estimate of drug-likeness (QED) is 0.729. The molecule has 1 unspecified atom stereocenters. The Morgan fingerprint density at radius 1 is 1.71 bits per heavy atom. The van der Waals surface area contributed by atoms with Gasteiger partial charge >= 0.3 is 0 Å². The molecule has 76 valence electrons. The minimum Gasteiger partial charge on any atom is -0.355 e. The maximum atomic E-state index is 11.2. The third-order valence-electron chi connectivity index (χ3n) is 2.30. The lowest BCUT2D eigenvalue weighted by atomic mass is 10.2. The number of amides is 1. The molecule has 0 bridgehead atoms. The molecule has 6 heteroatoms. The van der Waals surface area contributed by atoms with E-state index in [1.807, 2.05) is 6.92 Å². The SMILES string of the molecule is Cc1nnsc1CNC1CCNC1=O. The maximum absolute atomic E-state index is 11.2. The van der Waals surface area contributed by atoms with E-state index in [2.05, 4.69) is 20.2 Å². The fraction of sp³-hybridized carbons (Fsp3) is 0.625. The number of carbonyl (C=O) groups excluding carboxylic acids is 1. The highest BCUT2D eigenvalue weighted by Gasteiger charge is 2.23. The minimum atomic E-state index is -0.0449. The summed E-state index contributed by atoms with van der Waals surface area (Å²) in [5.74, 6) is 0.0973. The largest absolute Gasteiger partial charge is 0.355 e. The van der Waals surface area contributed by atoms with Crippen LogP contribution in [0.25, 0.3) is 0 Å². The van der Waals surface area contributed by atoms with Crippen LogP contribution in [-0.2, 0) is 11.3 Å². The zero-order chi connectivity index (χ0) is 9.97. The van der Waals surface area contributed by atoms with Crippen LogP contribution in [0, 0.1) is 6.92 Å². The van der Waals surface area contributed by atoms with Gasteiger partial charge in [-0.25, -0.2) is 0 Å². The highest BCUT2D eigenvalue weighted by molar-refractivity contribution is 7.05. The molecular weight excluding hydrogens is 200 g/mol. The first-order valence-electron chi connectivity index (χ1n) is 4.56. The van der Waals surface area contributed by atoms with Crippen LogP contribution in [-0.4, -0.2) is 28.1 Å². The molecule has 0 spiro atoms. The fourth-order valence-electron chi connectivity index (χ4n) is 1.42. The van der Waals surface area contributed by atoms with Crippen molar-refractivity contribution in [3.05, 3.63) is 10.6 Å². The smallest absolute Gasteiger partial charge is 0.237 e. The molecule has 2 N–H and O–H groups in total. The van der Waals surface area contributed by atoms with Crippen molar-refractivity contribution in [2.45, 2.75) is 25.9 Å². The summed E-state index contributed by atoms with van der Waals surface area (Å²) >= 11 is 1.38. The molecule has 0 radical (unpaired) electrons. The number of aromatic nitrogens is 2. The molecule has 1 amide bonds. The number of rotatable bonds is 3. The average molecular weight is 212 g/mol. The first-order valence-corrected chi connectivity index (χ1v) is 5.33. The third kappa shape index (κ3) is 1.91. The predicted molar refractivity (Wildman–Crippen MR) is 52.9 cm³/mol. The molecule has 2 rings (SSSR count). The van der Waals surface area contributed by atoms with Gasteiger partial charge in [-0.05, 0) is 24.9 Å². The summed E-state index contributed by atoms with van der Waals surface area (Å²) in [5.41, 5.74) is 0.945. The third-order valence-corrected chi connectivity index (χ3v) is 3.13. The fourth-order valence-corrected chi connectivity index (χ4v) is 2.00. The van der Waals surface area contributed by atoms with E-state index < -0.39 is 0 Å². The van der Waals surface area contributed by atoms with Gasteiger partial charge in [-0.3, -0.25) is 4.79 Å². The zero-order valence-corrected chi connectivity index (χ0v) is 8.73. The van der Waals surface area contributed by atoms with Crippen molar-refractivity contribution in [2.75, 3.05) is 6.54 Å². The number of nitrogens with one attached hydrogen (secondary N) is 2. The van der Waals surface area contributed by atoms with Crippen LogP contribution < -0.4 is 10.6 Å². The molecule has 1 atom stereocenters. The molecule has 0 saturated carbocycles. The Balaban J connectivity index is 1.88. The molecule has 1 aromatic rings. The number of hydrogen-bond acceptors (Lipinski definition) is 5. The van der Waals surface area contributed by atoms with E-state index in [0.29, 0.717) is 6.54 Å². The number of hydrogen-bond donors (Lipinski definition) is 2. The highest BCUT2D eigenvalue weighted by Crippen LogP contribution is 2.09. The second-order valence-corrected chi connectivity index (χ2v) is 4.13. The monoisotopic (exact) mass is 212 g/mol. The summed E-state index contributed by atoms with van der Waals surface area (Å²) in [6.07, 6.45) is 0.865. The molecule has 0 aromatic carbocycles. The van der Waals surface area contributed by atoms with E-state index in [1.54, 1.807) is 0 Å². The normalized spacial score (nSPS) is 21.2. The van der Waals surface area contributed by atoms with Gasteiger partial charge in [0.15, 0.2) is 0 Å². The molecule has 1 saturated heterocycles. The van der Waals surface area contributed by atoms with Gasteiger partial charge in [-0.2, -0.15) is 0 Å². The Kier molecular flexibility index (Phi) is 2.74. The molecule has 1 aromatic heterocycles. The maximum Gasteiger partial charge on any atom is 0.237 e. The molecule has 5 nitrogen and oxygen atoms in total. The van der Waals surface area contributed by atoms with Crippen LogP contribution >= 0.6 is 11.5 Å². The zero-order valence-electron chi connectivity index (χ0n) is 7.91. The number of aryl methyl sites for hydroxylation is 1. The van der Waals surface area contributed by atoms with Gasteiger partial charge in [0.1, 0.15) is 0 Å². The summed E-state index contributed by atoms with van der Waals surface area (Å²) in [6, 6.07) is -0.0449. The van der Waals surface area contributed by atoms with Crippen LogP contribution in [0.4, 0.5) is 0 Å². The van der Waals surface area contributed by atoms with Gasteiger partial charge in [0.2, 0.25) is 5.91 Å². The van der Waals surface area contributed by atoms with Crippen LogP contribution in [0.3, 0.4) is 0 Å². The van der Waals surface area contributed by atoms with Gasteiger partial charge < -0.3 is 10.6 Å². The summed E-state index contributed by atoms with van der Waals surface area (Å²) < 4.78 is 3.84. The topological polar surface area (TPSA) is 66.9 Å². The van der Waals surface area contributed by atoms with Gasteiger partial charge in [0.25, 0.3) is 0 Å². The standard InChI is InChI=1S/C8H12N4OS/c1-5-7(14-12-11-5)4-10-6-2-3-9-8(6)13/h6,10H,2-4H2,1H3,(H,9,13). The molecular formula is C8H12N4OS. The van der Waals surface area contributed by atoms with Crippen molar-refractivity contribution < 1.29 is 4.79 Å². The van der Waals surface area contributed by atoms with Crippen molar-refractivity contribution in [1.82, 2.24) is 20.2 Å². The van der Waals surface area contributed by atoms with E-state index in [-0.39, 0.29) is 11.9 Å². The van der Waals surface area contributed by atoms with Crippen molar-refractivity contribution in [1.29, 1.82) is 0 Å². The first-order chi connectivity index (χ1) is 6.77. The average Bonchev–Trinajstić information content (AvgIpc) is 2.72. The summed E-state index contributed by atoms with van der Waals surface area (Å²) in [4.78, 5) is 12.3. The van der Waals surface area contributed by atoms with Crippen LogP contribution in [0.5, 0.6) is 0 Å². The lowest BCUT2D eigenvalue weighted by molar-refractivity contribution is -0.120. The van der Waals surface area contributed by atoms with E-state index in [1.165, 1.54) is 11.5 Å². The second-order valence-electron chi connectivity index (χ2n) is 3.29. The van der Waals surface area contributed by atoms with Crippen LogP contribution in [0.15, 0.2) is 0 Å². The Morgan fingerprint density at radius 3 is 3.14 bits per heavy atom. The molecule has 2 heterocycles. The molecule has 1 aliphatic rings. The van der Waals surface area contributed by atoms with E-state index in [9.17, 15) is 4.79 Å². The molecule has 14 heavy (non-hydrogen) atoms. The Bertz CT molecular complexity index is 338.